The summed E-state index contributed by atoms with van der Waals surface area (Å²) in [6.45, 7) is 3.39. The van der Waals surface area contributed by atoms with E-state index in [1.807, 2.05) is 11.3 Å². The van der Waals surface area contributed by atoms with Crippen LogP contribution in [0, 0.1) is 5.92 Å². The van der Waals surface area contributed by atoms with Crippen LogP contribution < -0.4 is 5.32 Å². The van der Waals surface area contributed by atoms with Crippen molar-refractivity contribution in [2.45, 2.75) is 57.5 Å². The number of likely N-dealkylation sites (N-methyl/N-ethyl adjacent to an activating group) is 1. The van der Waals surface area contributed by atoms with Gasteiger partial charge in [-0.2, -0.15) is 0 Å². The standard InChI is InChI=1S/C17H30N2S/c1-4-6-14-8-10-15(11-9-14)18-13-16(19(2)3)17-7-5-12-20-17/h5,7,12,14-16,18H,4,6,8-11,13H2,1-3H3. The van der Waals surface area contributed by atoms with Crippen molar-refractivity contribution in [3.8, 4) is 0 Å². The topological polar surface area (TPSA) is 15.3 Å². The molecule has 0 radical (unpaired) electrons. The van der Waals surface area contributed by atoms with E-state index in [2.05, 4.69) is 48.7 Å². The van der Waals surface area contributed by atoms with Crippen molar-refractivity contribution in [1.82, 2.24) is 10.2 Å². The van der Waals surface area contributed by atoms with Crippen LogP contribution >= 0.6 is 11.3 Å². The van der Waals surface area contributed by atoms with Gasteiger partial charge in [0.2, 0.25) is 0 Å². The highest BCUT2D eigenvalue weighted by atomic mass is 32.1. The number of nitrogens with zero attached hydrogens (tertiary/aromatic N) is 1. The fraction of sp³-hybridized carbons (Fsp3) is 0.765. The van der Waals surface area contributed by atoms with Crippen molar-refractivity contribution in [3.05, 3.63) is 22.4 Å². The normalized spacial score (nSPS) is 25.0. The first-order chi connectivity index (χ1) is 9.70. The zero-order valence-electron chi connectivity index (χ0n) is 13.3. The third kappa shape index (κ3) is 4.57. The molecule has 20 heavy (non-hydrogen) atoms. The van der Waals surface area contributed by atoms with E-state index >= 15 is 0 Å². The summed E-state index contributed by atoms with van der Waals surface area (Å²) in [6, 6.07) is 5.68. The lowest BCUT2D eigenvalue weighted by atomic mass is 9.83. The summed E-state index contributed by atoms with van der Waals surface area (Å²) in [6.07, 6.45) is 8.38. The molecule has 1 heterocycles. The molecule has 3 heteroatoms. The maximum absolute atomic E-state index is 3.82. The Labute approximate surface area is 128 Å². The largest absolute Gasteiger partial charge is 0.312 e. The fourth-order valence-electron chi connectivity index (χ4n) is 3.36. The monoisotopic (exact) mass is 294 g/mol. The van der Waals surface area contributed by atoms with E-state index in [4.69, 9.17) is 0 Å². The Balaban J connectivity index is 1.77. The van der Waals surface area contributed by atoms with Gasteiger partial charge in [0.1, 0.15) is 0 Å². The average Bonchev–Trinajstić information content (AvgIpc) is 2.95. The zero-order chi connectivity index (χ0) is 14.4. The van der Waals surface area contributed by atoms with Crippen LogP contribution in [0.15, 0.2) is 17.5 Å². The SMILES string of the molecule is CCCC1CCC(NCC(c2cccs2)N(C)C)CC1. The van der Waals surface area contributed by atoms with E-state index < -0.39 is 0 Å². The van der Waals surface area contributed by atoms with Gasteiger partial charge in [0.15, 0.2) is 0 Å². The molecule has 1 N–H and O–H groups in total. The van der Waals surface area contributed by atoms with Crippen molar-refractivity contribution < 1.29 is 0 Å². The van der Waals surface area contributed by atoms with Crippen molar-refractivity contribution in [2.75, 3.05) is 20.6 Å². The smallest absolute Gasteiger partial charge is 0.0561 e. The van der Waals surface area contributed by atoms with Crippen LogP contribution in [-0.4, -0.2) is 31.6 Å². The second-order valence-electron chi connectivity index (χ2n) is 6.41. The molecule has 0 saturated heterocycles. The predicted octanol–water partition coefficient (Wildman–Crippen LogP) is 4.30. The van der Waals surface area contributed by atoms with Gasteiger partial charge in [-0.05, 0) is 57.1 Å². The van der Waals surface area contributed by atoms with Crippen molar-refractivity contribution in [2.24, 2.45) is 5.92 Å². The molecule has 1 aromatic heterocycles. The van der Waals surface area contributed by atoms with Gasteiger partial charge in [-0.15, -0.1) is 11.3 Å². The molecular weight excluding hydrogens is 264 g/mol. The minimum absolute atomic E-state index is 0.517. The van der Waals surface area contributed by atoms with Gasteiger partial charge in [-0.1, -0.05) is 25.8 Å². The molecule has 1 saturated carbocycles. The average molecular weight is 295 g/mol. The summed E-state index contributed by atoms with van der Waals surface area (Å²) in [5.74, 6) is 1.000. The molecular formula is C17H30N2S. The molecule has 0 amide bonds. The maximum atomic E-state index is 3.82. The van der Waals surface area contributed by atoms with E-state index in [1.165, 1.54) is 43.4 Å². The number of hydrogen-bond acceptors (Lipinski definition) is 3. The number of rotatable bonds is 7. The van der Waals surface area contributed by atoms with E-state index in [-0.39, 0.29) is 0 Å². The Hall–Kier alpha value is -0.380. The van der Waals surface area contributed by atoms with E-state index in [0.29, 0.717) is 6.04 Å². The molecule has 0 bridgehead atoms. The quantitative estimate of drug-likeness (QED) is 0.806. The van der Waals surface area contributed by atoms with Gasteiger partial charge in [-0.3, -0.25) is 0 Å². The summed E-state index contributed by atoms with van der Waals surface area (Å²) in [7, 11) is 4.37. The molecule has 1 aromatic rings. The predicted molar refractivity (Wildman–Crippen MR) is 89.4 cm³/mol. The third-order valence-electron chi connectivity index (χ3n) is 4.64. The summed E-state index contributed by atoms with van der Waals surface area (Å²) >= 11 is 1.87. The number of hydrogen-bond donors (Lipinski definition) is 1. The fourth-order valence-corrected chi connectivity index (χ4v) is 4.28. The highest BCUT2D eigenvalue weighted by Crippen LogP contribution is 2.28. The Morgan fingerprint density at radius 1 is 1.30 bits per heavy atom. The summed E-state index contributed by atoms with van der Waals surface area (Å²) in [5, 5.41) is 6.00. The molecule has 2 nitrogen and oxygen atoms in total. The lowest BCUT2D eigenvalue weighted by Crippen LogP contribution is -2.38. The van der Waals surface area contributed by atoms with Crippen LogP contribution in [-0.2, 0) is 0 Å². The molecule has 114 valence electrons. The van der Waals surface area contributed by atoms with Gasteiger partial charge in [0.05, 0.1) is 6.04 Å². The van der Waals surface area contributed by atoms with Gasteiger partial charge >= 0.3 is 0 Å². The molecule has 2 rings (SSSR count). The Morgan fingerprint density at radius 2 is 2.05 bits per heavy atom. The van der Waals surface area contributed by atoms with Gasteiger partial charge in [-0.25, -0.2) is 0 Å². The van der Waals surface area contributed by atoms with Crippen LogP contribution in [0.5, 0.6) is 0 Å². The molecule has 0 aliphatic heterocycles. The van der Waals surface area contributed by atoms with Gasteiger partial charge in [0.25, 0.3) is 0 Å². The lowest BCUT2D eigenvalue weighted by Gasteiger charge is -2.31. The first-order valence-electron chi connectivity index (χ1n) is 8.14. The molecule has 1 aliphatic rings. The minimum Gasteiger partial charge on any atom is -0.312 e. The minimum atomic E-state index is 0.517. The summed E-state index contributed by atoms with van der Waals surface area (Å²) in [4.78, 5) is 3.81. The van der Waals surface area contributed by atoms with E-state index in [1.54, 1.807) is 0 Å². The second-order valence-corrected chi connectivity index (χ2v) is 7.39. The highest BCUT2D eigenvalue weighted by molar-refractivity contribution is 7.10. The number of nitrogens with one attached hydrogen (secondary N) is 1. The molecule has 1 unspecified atom stereocenters. The second kappa shape index (κ2) is 8.16. The van der Waals surface area contributed by atoms with Crippen molar-refractivity contribution in [1.29, 1.82) is 0 Å². The van der Waals surface area contributed by atoms with Crippen LogP contribution in [0.3, 0.4) is 0 Å². The molecule has 1 atom stereocenters. The first kappa shape index (κ1) is 16.0. The van der Waals surface area contributed by atoms with E-state index in [9.17, 15) is 0 Å². The highest BCUT2D eigenvalue weighted by Gasteiger charge is 2.22. The Bertz CT molecular complexity index is 353. The molecule has 0 spiro atoms. The molecule has 1 fully saturated rings. The van der Waals surface area contributed by atoms with Crippen LogP contribution in [0.25, 0.3) is 0 Å². The molecule has 1 aliphatic carbocycles. The third-order valence-corrected chi connectivity index (χ3v) is 5.61. The summed E-state index contributed by atoms with van der Waals surface area (Å²) in [5.41, 5.74) is 0. The van der Waals surface area contributed by atoms with E-state index in [0.717, 1.165) is 18.5 Å². The Kier molecular flexibility index (Phi) is 6.53. The van der Waals surface area contributed by atoms with Crippen LogP contribution in [0.2, 0.25) is 0 Å². The zero-order valence-corrected chi connectivity index (χ0v) is 14.1. The lowest BCUT2D eigenvalue weighted by molar-refractivity contribution is 0.243. The van der Waals surface area contributed by atoms with Crippen molar-refractivity contribution >= 4 is 11.3 Å². The maximum Gasteiger partial charge on any atom is 0.0561 e. The van der Waals surface area contributed by atoms with Crippen LogP contribution in [0.1, 0.15) is 56.4 Å². The van der Waals surface area contributed by atoms with Crippen LogP contribution in [0.4, 0.5) is 0 Å². The molecule has 0 aromatic carbocycles. The summed E-state index contributed by atoms with van der Waals surface area (Å²) < 4.78 is 0. The Morgan fingerprint density at radius 3 is 2.60 bits per heavy atom. The number of thiophene rings is 1. The van der Waals surface area contributed by atoms with Gasteiger partial charge in [0, 0.05) is 17.5 Å². The van der Waals surface area contributed by atoms with Gasteiger partial charge < -0.3 is 10.2 Å². The van der Waals surface area contributed by atoms with Crippen molar-refractivity contribution in [3.63, 3.8) is 0 Å². The first-order valence-corrected chi connectivity index (χ1v) is 9.01.